The van der Waals surface area contributed by atoms with E-state index >= 15 is 0 Å². The van der Waals surface area contributed by atoms with Crippen LogP contribution in [0.3, 0.4) is 0 Å². The number of amides is 1. The zero-order chi connectivity index (χ0) is 24.1. The molecule has 0 saturated heterocycles. The van der Waals surface area contributed by atoms with E-state index in [1.54, 1.807) is 55.6 Å². The average Bonchev–Trinajstić information content (AvgIpc) is 2.87. The van der Waals surface area contributed by atoms with E-state index in [9.17, 15) is 13.2 Å². The van der Waals surface area contributed by atoms with Gasteiger partial charge >= 0.3 is 0 Å². The third-order valence-corrected chi connectivity index (χ3v) is 7.45. The Balaban J connectivity index is 1.40. The number of fused-ring (bicyclic) bond motifs is 1. The highest BCUT2D eigenvalue weighted by molar-refractivity contribution is 7.89. The monoisotopic (exact) mass is 482 g/mol. The molecule has 9 heteroatoms. The van der Waals surface area contributed by atoms with Crippen molar-refractivity contribution in [2.45, 2.75) is 17.9 Å². The third-order valence-electron chi connectivity index (χ3n) is 5.59. The molecule has 1 heterocycles. The quantitative estimate of drug-likeness (QED) is 0.528. The van der Waals surface area contributed by atoms with Crippen molar-refractivity contribution in [2.75, 3.05) is 32.7 Å². The molecular weight excluding hydrogens is 456 g/mol. The van der Waals surface area contributed by atoms with Crippen molar-refractivity contribution in [3.05, 3.63) is 77.9 Å². The summed E-state index contributed by atoms with van der Waals surface area (Å²) >= 11 is 0. The minimum Gasteiger partial charge on any atom is -0.497 e. The predicted octanol–water partition coefficient (Wildman–Crippen LogP) is 3.47. The Kier molecular flexibility index (Phi) is 7.04. The highest BCUT2D eigenvalue weighted by atomic mass is 32.2. The number of nitrogens with zero attached hydrogens (tertiary/aromatic N) is 1. The number of nitrogens with one attached hydrogen (secondary N) is 1. The van der Waals surface area contributed by atoms with Gasteiger partial charge in [-0.1, -0.05) is 6.07 Å². The van der Waals surface area contributed by atoms with Crippen LogP contribution in [0.25, 0.3) is 0 Å². The van der Waals surface area contributed by atoms with Crippen LogP contribution in [0.2, 0.25) is 0 Å². The van der Waals surface area contributed by atoms with Crippen LogP contribution >= 0.6 is 0 Å². The molecule has 0 aromatic heterocycles. The fourth-order valence-corrected chi connectivity index (χ4v) is 5.15. The maximum Gasteiger partial charge on any atom is 0.262 e. The second-order valence-electron chi connectivity index (χ2n) is 7.76. The zero-order valence-electron chi connectivity index (χ0n) is 19.0. The van der Waals surface area contributed by atoms with E-state index in [2.05, 4.69) is 5.32 Å². The predicted molar refractivity (Wildman–Crippen MR) is 128 cm³/mol. The van der Waals surface area contributed by atoms with E-state index < -0.39 is 10.0 Å². The first kappa shape index (κ1) is 23.6. The number of carbonyl (C=O) groups excluding carboxylic acids is 1. The van der Waals surface area contributed by atoms with Gasteiger partial charge in [0, 0.05) is 18.8 Å². The van der Waals surface area contributed by atoms with Gasteiger partial charge in [-0.25, -0.2) is 8.42 Å². The van der Waals surface area contributed by atoms with Gasteiger partial charge < -0.3 is 19.5 Å². The molecule has 0 unspecified atom stereocenters. The molecule has 0 radical (unpaired) electrons. The molecule has 34 heavy (non-hydrogen) atoms. The van der Waals surface area contributed by atoms with Crippen LogP contribution in [-0.2, 0) is 27.8 Å². The zero-order valence-corrected chi connectivity index (χ0v) is 19.8. The van der Waals surface area contributed by atoms with Gasteiger partial charge in [-0.15, -0.1) is 0 Å². The maximum absolute atomic E-state index is 13.1. The fourth-order valence-electron chi connectivity index (χ4n) is 3.73. The number of sulfonamides is 1. The van der Waals surface area contributed by atoms with E-state index in [1.165, 1.54) is 11.4 Å². The number of ether oxygens (including phenoxy) is 3. The molecule has 3 aromatic carbocycles. The van der Waals surface area contributed by atoms with Gasteiger partial charge in [0.05, 0.1) is 19.1 Å². The SMILES string of the molecule is COc1ccc(OCC(=O)Nc2ccc3c(c2)CN(S(=O)(=O)c2ccc(OC)cc2)CC3)cc1. The van der Waals surface area contributed by atoms with Crippen molar-refractivity contribution < 1.29 is 27.4 Å². The highest BCUT2D eigenvalue weighted by Crippen LogP contribution is 2.28. The molecule has 1 aliphatic heterocycles. The number of hydrogen-bond acceptors (Lipinski definition) is 6. The Morgan fingerprint density at radius 3 is 2.15 bits per heavy atom. The third kappa shape index (κ3) is 5.32. The lowest BCUT2D eigenvalue weighted by Crippen LogP contribution is -2.36. The summed E-state index contributed by atoms with van der Waals surface area (Å²) in [5.41, 5.74) is 2.51. The number of anilines is 1. The molecule has 178 valence electrons. The molecule has 0 saturated carbocycles. The second-order valence-corrected chi connectivity index (χ2v) is 9.70. The maximum atomic E-state index is 13.1. The van der Waals surface area contributed by atoms with Crippen LogP contribution in [0.15, 0.2) is 71.6 Å². The summed E-state index contributed by atoms with van der Waals surface area (Å²) in [6, 6.07) is 18.9. The first-order valence-electron chi connectivity index (χ1n) is 10.7. The van der Waals surface area contributed by atoms with Gasteiger partial charge in [0.2, 0.25) is 10.0 Å². The molecule has 4 rings (SSSR count). The molecule has 0 bridgehead atoms. The molecule has 0 atom stereocenters. The summed E-state index contributed by atoms with van der Waals surface area (Å²) < 4.78 is 43.4. The Morgan fingerprint density at radius 1 is 0.882 bits per heavy atom. The molecular formula is C25H26N2O6S. The number of hydrogen-bond donors (Lipinski definition) is 1. The number of carbonyl (C=O) groups is 1. The topological polar surface area (TPSA) is 94.2 Å². The van der Waals surface area contributed by atoms with Gasteiger partial charge in [-0.3, -0.25) is 4.79 Å². The van der Waals surface area contributed by atoms with Crippen molar-refractivity contribution in [3.8, 4) is 17.2 Å². The molecule has 1 N–H and O–H groups in total. The standard InChI is InChI=1S/C25H26N2O6S/c1-31-21-5-7-23(8-6-21)33-17-25(28)26-20-4-3-18-13-14-27(16-19(18)15-20)34(29,30)24-11-9-22(32-2)10-12-24/h3-12,15H,13-14,16-17H2,1-2H3,(H,26,28). The highest BCUT2D eigenvalue weighted by Gasteiger charge is 2.28. The van der Waals surface area contributed by atoms with E-state index in [0.717, 1.165) is 11.1 Å². The van der Waals surface area contributed by atoms with Gasteiger partial charge in [0.1, 0.15) is 17.2 Å². The van der Waals surface area contributed by atoms with E-state index in [1.807, 2.05) is 18.2 Å². The van der Waals surface area contributed by atoms with Gasteiger partial charge in [0.15, 0.2) is 6.61 Å². The van der Waals surface area contributed by atoms with Crippen molar-refractivity contribution in [3.63, 3.8) is 0 Å². The summed E-state index contributed by atoms with van der Waals surface area (Å²) in [7, 11) is -0.535. The summed E-state index contributed by atoms with van der Waals surface area (Å²) in [6.07, 6.45) is 0.597. The first-order chi connectivity index (χ1) is 16.4. The molecule has 0 spiro atoms. The lowest BCUT2D eigenvalue weighted by Gasteiger charge is -2.28. The summed E-state index contributed by atoms with van der Waals surface area (Å²) in [5, 5.41) is 2.81. The average molecular weight is 483 g/mol. The molecule has 1 aliphatic rings. The number of methoxy groups -OCH3 is 2. The lowest BCUT2D eigenvalue weighted by molar-refractivity contribution is -0.118. The van der Waals surface area contributed by atoms with Crippen LogP contribution < -0.4 is 19.5 Å². The minimum absolute atomic E-state index is 0.151. The van der Waals surface area contributed by atoms with Crippen LogP contribution in [0.4, 0.5) is 5.69 Å². The smallest absolute Gasteiger partial charge is 0.262 e. The van der Waals surface area contributed by atoms with E-state index in [0.29, 0.717) is 35.9 Å². The van der Waals surface area contributed by atoms with Crippen LogP contribution in [0.5, 0.6) is 17.2 Å². The van der Waals surface area contributed by atoms with Crippen LogP contribution in [0.1, 0.15) is 11.1 Å². The lowest BCUT2D eigenvalue weighted by atomic mass is 10.0. The largest absolute Gasteiger partial charge is 0.497 e. The molecule has 1 amide bonds. The normalized spacial score (nSPS) is 13.6. The van der Waals surface area contributed by atoms with Crippen molar-refractivity contribution in [1.82, 2.24) is 4.31 Å². The van der Waals surface area contributed by atoms with Crippen LogP contribution in [-0.4, -0.2) is 46.0 Å². The Hall–Kier alpha value is -3.56. The van der Waals surface area contributed by atoms with E-state index in [-0.39, 0.29) is 24.0 Å². The van der Waals surface area contributed by atoms with Crippen molar-refractivity contribution >= 4 is 21.6 Å². The van der Waals surface area contributed by atoms with Gasteiger partial charge in [0.25, 0.3) is 5.91 Å². The Morgan fingerprint density at radius 2 is 1.50 bits per heavy atom. The molecule has 8 nitrogen and oxygen atoms in total. The van der Waals surface area contributed by atoms with Crippen molar-refractivity contribution in [1.29, 1.82) is 0 Å². The number of rotatable bonds is 8. The fraction of sp³-hybridized carbons (Fsp3) is 0.240. The summed E-state index contributed by atoms with van der Waals surface area (Å²) in [4.78, 5) is 12.6. The van der Waals surface area contributed by atoms with Gasteiger partial charge in [-0.2, -0.15) is 4.31 Å². The minimum atomic E-state index is -3.65. The van der Waals surface area contributed by atoms with Gasteiger partial charge in [-0.05, 0) is 78.2 Å². The number of benzene rings is 3. The van der Waals surface area contributed by atoms with E-state index in [4.69, 9.17) is 14.2 Å². The summed E-state index contributed by atoms with van der Waals surface area (Å²) in [6.45, 7) is 0.472. The van der Waals surface area contributed by atoms with Crippen molar-refractivity contribution in [2.24, 2.45) is 0 Å². The molecule has 3 aromatic rings. The van der Waals surface area contributed by atoms with Crippen LogP contribution in [0, 0.1) is 0 Å². The Bertz CT molecular complexity index is 1260. The Labute approximate surface area is 199 Å². The second kappa shape index (κ2) is 10.1. The molecule has 0 aliphatic carbocycles. The first-order valence-corrected chi connectivity index (χ1v) is 12.2. The summed E-state index contributed by atoms with van der Waals surface area (Å²) in [5.74, 6) is 1.54. The molecule has 0 fully saturated rings.